The monoisotopic (exact) mass is 354 g/mol. The van der Waals surface area contributed by atoms with E-state index in [2.05, 4.69) is 26.5 Å². The number of benzene rings is 1. The van der Waals surface area contributed by atoms with E-state index in [9.17, 15) is 0 Å². The highest BCUT2D eigenvalue weighted by Gasteiger charge is 2.26. The Labute approximate surface area is 132 Å². The molecule has 0 saturated carbocycles. The SMILES string of the molecule is CCn1ncc(Br)c1C(NN)c1c(OC)cccc1OC. The second kappa shape index (κ2) is 6.93. The summed E-state index contributed by atoms with van der Waals surface area (Å²) < 4.78 is 13.7. The molecule has 21 heavy (non-hydrogen) atoms. The number of aryl methyl sites for hydroxylation is 1. The Morgan fingerprint density at radius 2 is 1.95 bits per heavy atom. The van der Waals surface area contributed by atoms with E-state index in [4.69, 9.17) is 15.3 Å². The second-order valence-corrected chi connectivity index (χ2v) is 5.22. The van der Waals surface area contributed by atoms with Crippen LogP contribution < -0.4 is 20.7 Å². The van der Waals surface area contributed by atoms with Gasteiger partial charge in [-0.25, -0.2) is 5.43 Å². The van der Waals surface area contributed by atoms with Crippen molar-refractivity contribution >= 4 is 15.9 Å². The van der Waals surface area contributed by atoms with Gasteiger partial charge in [-0.15, -0.1) is 0 Å². The van der Waals surface area contributed by atoms with Crippen LogP contribution in [0.5, 0.6) is 11.5 Å². The lowest BCUT2D eigenvalue weighted by molar-refractivity contribution is 0.374. The third-order valence-electron chi connectivity index (χ3n) is 3.33. The minimum atomic E-state index is -0.312. The molecule has 0 saturated heterocycles. The Bertz CT molecular complexity index is 593. The van der Waals surface area contributed by atoms with Crippen LogP contribution in [0.1, 0.15) is 24.2 Å². The number of hydrogen-bond acceptors (Lipinski definition) is 5. The summed E-state index contributed by atoms with van der Waals surface area (Å²) in [6, 6.07) is 5.32. The van der Waals surface area contributed by atoms with Gasteiger partial charge in [0.1, 0.15) is 11.5 Å². The first-order valence-corrected chi connectivity index (χ1v) is 7.35. The molecule has 2 rings (SSSR count). The van der Waals surface area contributed by atoms with Crippen LogP contribution in [0.3, 0.4) is 0 Å². The van der Waals surface area contributed by atoms with Crippen molar-refractivity contribution in [1.29, 1.82) is 0 Å². The lowest BCUT2D eigenvalue weighted by Gasteiger charge is -2.22. The summed E-state index contributed by atoms with van der Waals surface area (Å²) >= 11 is 3.53. The van der Waals surface area contributed by atoms with Crippen LogP contribution in [0, 0.1) is 0 Å². The molecule has 0 spiro atoms. The van der Waals surface area contributed by atoms with Gasteiger partial charge >= 0.3 is 0 Å². The van der Waals surface area contributed by atoms with Crippen LogP contribution in [-0.4, -0.2) is 24.0 Å². The first kappa shape index (κ1) is 15.8. The maximum absolute atomic E-state index is 5.81. The van der Waals surface area contributed by atoms with Crippen molar-refractivity contribution < 1.29 is 9.47 Å². The molecule has 1 aromatic heterocycles. The van der Waals surface area contributed by atoms with Gasteiger partial charge in [-0.1, -0.05) is 6.07 Å². The minimum absolute atomic E-state index is 0.312. The van der Waals surface area contributed by atoms with Crippen molar-refractivity contribution in [2.75, 3.05) is 14.2 Å². The minimum Gasteiger partial charge on any atom is -0.496 e. The summed E-state index contributed by atoms with van der Waals surface area (Å²) in [6.45, 7) is 2.76. The molecule has 0 radical (unpaired) electrons. The molecular formula is C14H19BrN4O2. The van der Waals surface area contributed by atoms with E-state index in [0.29, 0.717) is 11.5 Å². The van der Waals surface area contributed by atoms with Gasteiger partial charge in [0.15, 0.2) is 0 Å². The number of ether oxygens (including phenoxy) is 2. The topological polar surface area (TPSA) is 74.3 Å². The van der Waals surface area contributed by atoms with Crippen LogP contribution in [0.25, 0.3) is 0 Å². The molecule has 1 heterocycles. The van der Waals surface area contributed by atoms with Gasteiger partial charge in [0.2, 0.25) is 0 Å². The van der Waals surface area contributed by atoms with E-state index in [1.807, 2.05) is 29.8 Å². The van der Waals surface area contributed by atoms with Crippen molar-refractivity contribution in [3.8, 4) is 11.5 Å². The molecule has 1 aromatic carbocycles. The molecule has 0 aliphatic heterocycles. The quantitative estimate of drug-likeness (QED) is 0.614. The zero-order valence-electron chi connectivity index (χ0n) is 12.3. The van der Waals surface area contributed by atoms with E-state index in [-0.39, 0.29) is 6.04 Å². The highest BCUT2D eigenvalue weighted by molar-refractivity contribution is 9.10. The van der Waals surface area contributed by atoms with Crippen LogP contribution in [0.2, 0.25) is 0 Å². The third-order valence-corrected chi connectivity index (χ3v) is 3.94. The molecule has 0 fully saturated rings. The Morgan fingerprint density at radius 3 is 2.43 bits per heavy atom. The standard InChI is InChI=1S/C14H19BrN4O2/c1-4-19-14(9(15)8-17-19)13(18-16)12-10(20-2)6-5-7-11(12)21-3/h5-8,13,18H,4,16H2,1-3H3. The van der Waals surface area contributed by atoms with Crippen LogP contribution in [0.4, 0.5) is 0 Å². The van der Waals surface area contributed by atoms with E-state index in [0.717, 1.165) is 22.3 Å². The maximum Gasteiger partial charge on any atom is 0.127 e. The zero-order valence-corrected chi connectivity index (χ0v) is 13.8. The summed E-state index contributed by atoms with van der Waals surface area (Å²) in [7, 11) is 3.25. The molecule has 3 N–H and O–H groups in total. The molecular weight excluding hydrogens is 336 g/mol. The van der Waals surface area contributed by atoms with Crippen LogP contribution >= 0.6 is 15.9 Å². The predicted octanol–water partition coefficient (Wildman–Crippen LogP) is 2.24. The largest absolute Gasteiger partial charge is 0.496 e. The van der Waals surface area contributed by atoms with E-state index >= 15 is 0 Å². The lowest BCUT2D eigenvalue weighted by Crippen LogP contribution is -2.31. The number of aromatic nitrogens is 2. The van der Waals surface area contributed by atoms with Gasteiger partial charge in [-0.3, -0.25) is 10.5 Å². The fourth-order valence-corrected chi connectivity index (χ4v) is 2.90. The van der Waals surface area contributed by atoms with Crippen molar-refractivity contribution in [3.05, 3.63) is 40.1 Å². The Balaban J connectivity index is 2.64. The number of nitrogens with two attached hydrogens (primary N) is 1. The van der Waals surface area contributed by atoms with Crippen LogP contribution in [-0.2, 0) is 6.54 Å². The van der Waals surface area contributed by atoms with E-state index < -0.39 is 0 Å². The van der Waals surface area contributed by atoms with Gasteiger partial charge in [-0.05, 0) is 35.0 Å². The molecule has 114 valence electrons. The van der Waals surface area contributed by atoms with Gasteiger partial charge < -0.3 is 9.47 Å². The molecule has 2 aromatic rings. The third kappa shape index (κ3) is 2.90. The second-order valence-electron chi connectivity index (χ2n) is 4.37. The fraction of sp³-hybridized carbons (Fsp3) is 0.357. The Hall–Kier alpha value is -1.57. The zero-order chi connectivity index (χ0) is 15.4. The van der Waals surface area contributed by atoms with Crippen molar-refractivity contribution in [2.45, 2.75) is 19.5 Å². The van der Waals surface area contributed by atoms with Gasteiger partial charge in [-0.2, -0.15) is 5.10 Å². The summed E-state index contributed by atoms with van der Waals surface area (Å²) in [5, 5.41) is 4.33. The van der Waals surface area contributed by atoms with Gasteiger partial charge in [0.05, 0.1) is 42.2 Å². The summed E-state index contributed by atoms with van der Waals surface area (Å²) in [6.07, 6.45) is 1.76. The van der Waals surface area contributed by atoms with Crippen molar-refractivity contribution in [3.63, 3.8) is 0 Å². The first-order valence-electron chi connectivity index (χ1n) is 6.56. The summed E-state index contributed by atoms with van der Waals surface area (Å²) in [5.74, 6) is 7.22. The van der Waals surface area contributed by atoms with E-state index in [1.165, 1.54) is 0 Å². The van der Waals surface area contributed by atoms with Crippen molar-refractivity contribution in [1.82, 2.24) is 15.2 Å². The fourth-order valence-electron chi connectivity index (χ4n) is 2.37. The molecule has 0 amide bonds. The summed E-state index contributed by atoms with van der Waals surface area (Å²) in [4.78, 5) is 0. The lowest BCUT2D eigenvalue weighted by atomic mass is 10.0. The highest BCUT2D eigenvalue weighted by atomic mass is 79.9. The smallest absolute Gasteiger partial charge is 0.127 e. The number of rotatable bonds is 6. The number of hydrazine groups is 1. The number of nitrogens with zero attached hydrogens (tertiary/aromatic N) is 2. The first-order chi connectivity index (χ1) is 10.2. The number of hydrogen-bond donors (Lipinski definition) is 2. The van der Waals surface area contributed by atoms with Gasteiger partial charge in [0, 0.05) is 6.54 Å². The molecule has 0 aliphatic rings. The Morgan fingerprint density at radius 1 is 1.33 bits per heavy atom. The molecule has 7 heteroatoms. The number of methoxy groups -OCH3 is 2. The number of nitrogens with one attached hydrogen (secondary N) is 1. The normalized spacial score (nSPS) is 12.2. The average molecular weight is 355 g/mol. The highest BCUT2D eigenvalue weighted by Crippen LogP contribution is 2.39. The molecule has 6 nitrogen and oxygen atoms in total. The number of halogens is 1. The maximum atomic E-state index is 5.81. The molecule has 1 unspecified atom stereocenters. The predicted molar refractivity (Wildman–Crippen MR) is 84.3 cm³/mol. The van der Waals surface area contributed by atoms with Gasteiger partial charge in [0.25, 0.3) is 0 Å². The van der Waals surface area contributed by atoms with Crippen molar-refractivity contribution in [2.24, 2.45) is 5.84 Å². The van der Waals surface area contributed by atoms with Crippen LogP contribution in [0.15, 0.2) is 28.9 Å². The molecule has 0 aliphatic carbocycles. The molecule has 0 bridgehead atoms. The Kier molecular flexibility index (Phi) is 5.22. The molecule has 1 atom stereocenters. The van der Waals surface area contributed by atoms with E-state index in [1.54, 1.807) is 20.4 Å². The summed E-state index contributed by atoms with van der Waals surface area (Å²) in [5.41, 5.74) is 4.59. The average Bonchev–Trinajstić information content (AvgIpc) is 2.89.